The van der Waals surface area contributed by atoms with Gasteiger partial charge in [0.1, 0.15) is 10.6 Å². The van der Waals surface area contributed by atoms with Crippen LogP contribution in [-0.2, 0) is 19.3 Å². The maximum atomic E-state index is 12.5. The fraction of sp³-hybridized carbons (Fsp3) is 0.450. The number of benzene rings is 1. The van der Waals surface area contributed by atoms with Gasteiger partial charge in [0.05, 0.1) is 18.9 Å². The number of hydrogen-bond acceptors (Lipinski definition) is 7. The van der Waals surface area contributed by atoms with E-state index in [0.29, 0.717) is 62.2 Å². The Morgan fingerprint density at radius 1 is 1.13 bits per heavy atom. The van der Waals surface area contributed by atoms with Gasteiger partial charge in [-0.2, -0.15) is 0 Å². The molecule has 0 bridgehead atoms. The maximum absolute atomic E-state index is 12.5. The predicted molar refractivity (Wildman–Crippen MR) is 114 cm³/mol. The van der Waals surface area contributed by atoms with Crippen molar-refractivity contribution in [2.45, 2.75) is 17.6 Å². The average molecular weight is 432 g/mol. The van der Waals surface area contributed by atoms with Crippen LogP contribution in [0.5, 0.6) is 0 Å². The van der Waals surface area contributed by atoms with Gasteiger partial charge in [-0.25, -0.2) is 23.2 Å². The van der Waals surface area contributed by atoms with Gasteiger partial charge < -0.3 is 20.3 Å². The fourth-order valence-corrected chi connectivity index (χ4v) is 4.91. The molecule has 2 aliphatic rings. The quantitative estimate of drug-likeness (QED) is 0.742. The first kappa shape index (κ1) is 20.5. The van der Waals surface area contributed by atoms with Crippen LogP contribution in [0, 0.1) is 0 Å². The number of rotatable bonds is 5. The Morgan fingerprint density at radius 3 is 2.37 bits per heavy atom. The van der Waals surface area contributed by atoms with Gasteiger partial charge in [0, 0.05) is 43.7 Å². The molecule has 1 aromatic heterocycles. The Morgan fingerprint density at radius 2 is 1.80 bits per heavy atom. The molecular weight excluding hydrogens is 406 g/mol. The van der Waals surface area contributed by atoms with Crippen LogP contribution >= 0.6 is 0 Å². The largest absolute Gasteiger partial charge is 0.378 e. The molecule has 0 radical (unpaired) electrons. The fourth-order valence-electron chi connectivity index (χ4n) is 3.58. The van der Waals surface area contributed by atoms with Gasteiger partial charge in [0.2, 0.25) is 0 Å². The van der Waals surface area contributed by atoms with Crippen molar-refractivity contribution >= 4 is 27.4 Å². The summed E-state index contributed by atoms with van der Waals surface area (Å²) >= 11 is 0. The standard InChI is InChI=1S/C20H25N5O4S/c1-21-19(26)22-15-5-3-14(4-6-15)18-23-16(20(7-8-20)30(2,27)28)13-17(24-18)25-9-11-29-12-10-25/h3-6,13H,7-12H2,1-2H3,(H2,21,22,26). The van der Waals surface area contributed by atoms with Crippen molar-refractivity contribution < 1.29 is 17.9 Å². The molecule has 0 spiro atoms. The molecule has 1 saturated carbocycles. The highest BCUT2D eigenvalue weighted by atomic mass is 32.2. The average Bonchev–Trinajstić information content (AvgIpc) is 3.57. The summed E-state index contributed by atoms with van der Waals surface area (Å²) in [5, 5.41) is 5.21. The van der Waals surface area contributed by atoms with Gasteiger partial charge in [0.25, 0.3) is 0 Å². The Hall–Kier alpha value is -2.72. The van der Waals surface area contributed by atoms with Gasteiger partial charge in [-0.05, 0) is 37.1 Å². The molecule has 30 heavy (non-hydrogen) atoms. The highest BCUT2D eigenvalue weighted by Gasteiger charge is 2.55. The number of hydrogen-bond donors (Lipinski definition) is 2. The lowest BCUT2D eigenvalue weighted by Crippen LogP contribution is -2.37. The van der Waals surface area contributed by atoms with E-state index in [1.807, 2.05) is 18.2 Å². The van der Waals surface area contributed by atoms with Gasteiger partial charge in [-0.3, -0.25) is 0 Å². The lowest BCUT2D eigenvalue weighted by Gasteiger charge is -2.29. The minimum Gasteiger partial charge on any atom is -0.378 e. The van der Waals surface area contributed by atoms with Crippen LogP contribution in [0.15, 0.2) is 30.3 Å². The van der Waals surface area contributed by atoms with E-state index >= 15 is 0 Å². The van der Waals surface area contributed by atoms with Crippen LogP contribution in [0.1, 0.15) is 18.5 Å². The van der Waals surface area contributed by atoms with Crippen LogP contribution in [0.2, 0.25) is 0 Å². The Bertz CT molecular complexity index is 1050. The molecule has 9 nitrogen and oxygen atoms in total. The van der Waals surface area contributed by atoms with Crippen LogP contribution in [0.4, 0.5) is 16.3 Å². The second-order valence-corrected chi connectivity index (χ2v) is 9.91. The lowest BCUT2D eigenvalue weighted by molar-refractivity contribution is 0.122. The summed E-state index contributed by atoms with van der Waals surface area (Å²) < 4.78 is 29.5. The molecule has 1 saturated heterocycles. The molecule has 4 rings (SSSR count). The molecular formula is C20H25N5O4S. The Balaban J connectivity index is 1.73. The maximum Gasteiger partial charge on any atom is 0.318 e. The van der Waals surface area contributed by atoms with E-state index in [-0.39, 0.29) is 6.03 Å². The first-order chi connectivity index (χ1) is 14.3. The Labute approximate surface area is 175 Å². The van der Waals surface area contributed by atoms with E-state index in [9.17, 15) is 13.2 Å². The van der Waals surface area contributed by atoms with E-state index in [1.165, 1.54) is 6.26 Å². The lowest BCUT2D eigenvalue weighted by atomic mass is 10.1. The highest BCUT2D eigenvalue weighted by molar-refractivity contribution is 7.91. The summed E-state index contributed by atoms with van der Waals surface area (Å²) in [5.41, 5.74) is 1.93. The first-order valence-corrected chi connectivity index (χ1v) is 11.7. The van der Waals surface area contributed by atoms with Gasteiger partial charge >= 0.3 is 6.03 Å². The molecule has 1 aromatic carbocycles. The van der Waals surface area contributed by atoms with Crippen molar-refractivity contribution in [3.05, 3.63) is 36.0 Å². The van der Waals surface area contributed by atoms with E-state index in [0.717, 1.165) is 5.56 Å². The number of urea groups is 1. The monoisotopic (exact) mass is 431 g/mol. The number of anilines is 2. The van der Waals surface area contributed by atoms with Gasteiger partial charge in [-0.1, -0.05) is 0 Å². The summed E-state index contributed by atoms with van der Waals surface area (Å²) in [5.74, 6) is 1.18. The summed E-state index contributed by atoms with van der Waals surface area (Å²) in [6.07, 6.45) is 2.41. The van der Waals surface area contributed by atoms with Gasteiger partial charge in [0.15, 0.2) is 15.7 Å². The number of sulfone groups is 1. The molecule has 1 aliphatic carbocycles. The van der Waals surface area contributed by atoms with Gasteiger partial charge in [-0.15, -0.1) is 0 Å². The number of amides is 2. The van der Waals surface area contributed by atoms with Crippen molar-refractivity contribution in [3.63, 3.8) is 0 Å². The number of carbonyl (C=O) groups is 1. The van der Waals surface area contributed by atoms with E-state index in [1.54, 1.807) is 19.2 Å². The van der Waals surface area contributed by atoms with E-state index in [4.69, 9.17) is 9.72 Å². The molecule has 0 atom stereocenters. The normalized spacial score (nSPS) is 18.0. The van der Waals surface area contributed by atoms with Crippen molar-refractivity contribution in [1.29, 1.82) is 0 Å². The van der Waals surface area contributed by atoms with E-state index < -0.39 is 14.6 Å². The highest BCUT2D eigenvalue weighted by Crippen LogP contribution is 2.52. The summed E-state index contributed by atoms with van der Waals surface area (Å²) in [4.78, 5) is 23.0. The predicted octanol–water partition coefficient (Wildman–Crippen LogP) is 1.77. The van der Waals surface area contributed by atoms with Crippen molar-refractivity contribution in [1.82, 2.24) is 15.3 Å². The summed E-state index contributed by atoms with van der Waals surface area (Å²) in [7, 11) is -1.75. The zero-order valence-corrected chi connectivity index (χ0v) is 17.8. The van der Waals surface area contributed by atoms with Crippen molar-refractivity contribution in [3.8, 4) is 11.4 Å². The van der Waals surface area contributed by atoms with E-state index in [2.05, 4.69) is 20.5 Å². The second-order valence-electron chi connectivity index (χ2n) is 7.58. The van der Waals surface area contributed by atoms with Crippen LogP contribution < -0.4 is 15.5 Å². The molecule has 2 amide bonds. The first-order valence-electron chi connectivity index (χ1n) is 9.83. The molecule has 10 heteroatoms. The van der Waals surface area contributed by atoms with Crippen molar-refractivity contribution in [2.24, 2.45) is 0 Å². The minimum atomic E-state index is -3.30. The smallest absolute Gasteiger partial charge is 0.318 e. The third kappa shape index (κ3) is 3.97. The second kappa shape index (κ2) is 7.84. The molecule has 2 N–H and O–H groups in total. The number of ether oxygens (including phenoxy) is 1. The molecule has 2 aromatic rings. The van der Waals surface area contributed by atoms with Crippen LogP contribution in [-0.4, -0.2) is 64.0 Å². The van der Waals surface area contributed by atoms with Crippen LogP contribution in [0.25, 0.3) is 11.4 Å². The van der Waals surface area contributed by atoms with Crippen LogP contribution in [0.3, 0.4) is 0 Å². The molecule has 2 fully saturated rings. The topological polar surface area (TPSA) is 114 Å². The minimum absolute atomic E-state index is 0.306. The number of carbonyl (C=O) groups excluding carboxylic acids is 1. The molecule has 2 heterocycles. The third-order valence-electron chi connectivity index (χ3n) is 5.56. The summed E-state index contributed by atoms with van der Waals surface area (Å²) in [6.45, 7) is 2.59. The van der Waals surface area contributed by atoms with Crippen molar-refractivity contribution in [2.75, 3.05) is 49.8 Å². The zero-order chi connectivity index (χ0) is 21.4. The Kier molecular flexibility index (Phi) is 5.37. The molecule has 1 aliphatic heterocycles. The SMILES string of the molecule is CNC(=O)Nc1ccc(-c2nc(N3CCOCC3)cc(C3(S(C)(=O)=O)CC3)n2)cc1. The molecule has 160 valence electrons. The zero-order valence-electron chi connectivity index (χ0n) is 17.0. The third-order valence-corrected chi connectivity index (χ3v) is 7.59. The number of nitrogens with one attached hydrogen (secondary N) is 2. The summed E-state index contributed by atoms with van der Waals surface area (Å²) in [6, 6.07) is 8.65. The molecule has 0 unspecified atom stereocenters. The number of aromatic nitrogens is 2. The number of morpholine rings is 1. The number of nitrogens with zero attached hydrogens (tertiary/aromatic N) is 3.